The van der Waals surface area contributed by atoms with Gasteiger partial charge in [-0.15, -0.1) is 10.2 Å². The minimum atomic E-state index is -0.223. The Kier molecular flexibility index (Phi) is 3.76. The van der Waals surface area contributed by atoms with Crippen LogP contribution in [-0.2, 0) is 0 Å². The molecular formula is C12H19N5O. The van der Waals surface area contributed by atoms with E-state index in [0.29, 0.717) is 24.2 Å². The predicted octanol–water partition coefficient (Wildman–Crippen LogP) is 0.00970. The summed E-state index contributed by atoms with van der Waals surface area (Å²) < 4.78 is 0. The molecule has 0 radical (unpaired) electrons. The van der Waals surface area contributed by atoms with Gasteiger partial charge in [0.05, 0.1) is 0 Å². The SMILES string of the molecule is CNC(=O)c1ccc(N2CCC(C)C2CN)nn1. The van der Waals surface area contributed by atoms with Gasteiger partial charge in [0.25, 0.3) is 5.91 Å². The van der Waals surface area contributed by atoms with E-state index in [9.17, 15) is 4.79 Å². The molecule has 2 unspecified atom stereocenters. The molecule has 3 N–H and O–H groups in total. The molecule has 1 amide bonds. The molecule has 0 saturated carbocycles. The molecule has 1 aliphatic heterocycles. The number of carbonyl (C=O) groups is 1. The highest BCUT2D eigenvalue weighted by Gasteiger charge is 2.31. The van der Waals surface area contributed by atoms with E-state index in [4.69, 9.17) is 5.73 Å². The number of nitrogens with two attached hydrogens (primary N) is 1. The van der Waals surface area contributed by atoms with Crippen LogP contribution in [0.5, 0.6) is 0 Å². The smallest absolute Gasteiger partial charge is 0.271 e. The summed E-state index contributed by atoms with van der Waals surface area (Å²) in [5.41, 5.74) is 6.13. The standard InChI is InChI=1S/C12H19N5O/c1-8-5-6-17(10(8)7-13)11-4-3-9(15-16-11)12(18)14-2/h3-4,8,10H,5-7,13H2,1-2H3,(H,14,18). The fourth-order valence-corrected chi connectivity index (χ4v) is 2.38. The highest BCUT2D eigenvalue weighted by molar-refractivity contribution is 5.91. The number of aromatic nitrogens is 2. The van der Waals surface area contributed by atoms with Gasteiger partial charge in [0.2, 0.25) is 0 Å². The van der Waals surface area contributed by atoms with Crippen LogP contribution in [-0.4, -0.2) is 42.3 Å². The topological polar surface area (TPSA) is 84.1 Å². The summed E-state index contributed by atoms with van der Waals surface area (Å²) in [5, 5.41) is 10.6. The molecule has 6 nitrogen and oxygen atoms in total. The number of anilines is 1. The second-order valence-corrected chi connectivity index (χ2v) is 4.62. The summed E-state index contributed by atoms with van der Waals surface area (Å²) in [4.78, 5) is 13.5. The molecule has 2 atom stereocenters. The molecule has 2 rings (SSSR count). The van der Waals surface area contributed by atoms with E-state index >= 15 is 0 Å². The first-order valence-electron chi connectivity index (χ1n) is 6.20. The highest BCUT2D eigenvalue weighted by atomic mass is 16.1. The number of hydrogen-bond acceptors (Lipinski definition) is 5. The third-order valence-corrected chi connectivity index (χ3v) is 3.53. The Hall–Kier alpha value is -1.69. The molecule has 1 aromatic rings. The van der Waals surface area contributed by atoms with Gasteiger partial charge >= 0.3 is 0 Å². The van der Waals surface area contributed by atoms with Crippen molar-refractivity contribution in [2.24, 2.45) is 11.7 Å². The van der Waals surface area contributed by atoms with Crippen molar-refractivity contribution in [3.8, 4) is 0 Å². The molecule has 0 aliphatic carbocycles. The highest BCUT2D eigenvalue weighted by Crippen LogP contribution is 2.27. The van der Waals surface area contributed by atoms with E-state index in [0.717, 1.165) is 18.8 Å². The Morgan fingerprint density at radius 1 is 1.56 bits per heavy atom. The Morgan fingerprint density at radius 2 is 2.33 bits per heavy atom. The van der Waals surface area contributed by atoms with Crippen molar-refractivity contribution in [2.45, 2.75) is 19.4 Å². The first-order chi connectivity index (χ1) is 8.67. The zero-order valence-electron chi connectivity index (χ0n) is 10.8. The molecule has 0 aromatic carbocycles. The van der Waals surface area contributed by atoms with Crippen LogP contribution in [0, 0.1) is 5.92 Å². The van der Waals surface area contributed by atoms with Crippen LogP contribution < -0.4 is 16.0 Å². The average Bonchev–Trinajstić information content (AvgIpc) is 2.79. The van der Waals surface area contributed by atoms with E-state index in [1.165, 1.54) is 0 Å². The van der Waals surface area contributed by atoms with E-state index in [2.05, 4.69) is 27.3 Å². The van der Waals surface area contributed by atoms with Crippen LogP contribution in [0.25, 0.3) is 0 Å². The number of carbonyl (C=O) groups excluding carboxylic acids is 1. The maximum absolute atomic E-state index is 11.4. The van der Waals surface area contributed by atoms with E-state index in [1.54, 1.807) is 13.1 Å². The lowest BCUT2D eigenvalue weighted by Crippen LogP contribution is -2.39. The first-order valence-corrected chi connectivity index (χ1v) is 6.20. The van der Waals surface area contributed by atoms with Crippen molar-refractivity contribution in [1.82, 2.24) is 15.5 Å². The quantitative estimate of drug-likeness (QED) is 0.788. The van der Waals surface area contributed by atoms with Gasteiger partial charge < -0.3 is 16.0 Å². The predicted molar refractivity (Wildman–Crippen MR) is 69.4 cm³/mol. The fourth-order valence-electron chi connectivity index (χ4n) is 2.38. The Labute approximate surface area is 107 Å². The van der Waals surface area contributed by atoms with Crippen LogP contribution >= 0.6 is 0 Å². The molecule has 1 saturated heterocycles. The van der Waals surface area contributed by atoms with Crippen molar-refractivity contribution in [3.05, 3.63) is 17.8 Å². The molecule has 0 bridgehead atoms. The number of nitrogens with one attached hydrogen (secondary N) is 1. The monoisotopic (exact) mass is 249 g/mol. The maximum atomic E-state index is 11.4. The van der Waals surface area contributed by atoms with Gasteiger partial charge in [0.1, 0.15) is 0 Å². The van der Waals surface area contributed by atoms with Crippen LogP contribution in [0.1, 0.15) is 23.8 Å². The van der Waals surface area contributed by atoms with Gasteiger partial charge in [-0.1, -0.05) is 6.92 Å². The summed E-state index contributed by atoms with van der Waals surface area (Å²) in [6.07, 6.45) is 1.11. The fraction of sp³-hybridized carbons (Fsp3) is 0.583. The summed E-state index contributed by atoms with van der Waals surface area (Å²) >= 11 is 0. The van der Waals surface area contributed by atoms with Gasteiger partial charge in [-0.05, 0) is 24.5 Å². The number of nitrogens with zero attached hydrogens (tertiary/aromatic N) is 3. The largest absolute Gasteiger partial charge is 0.354 e. The molecule has 1 fully saturated rings. The lowest BCUT2D eigenvalue weighted by atomic mass is 10.0. The minimum Gasteiger partial charge on any atom is -0.354 e. The summed E-state index contributed by atoms with van der Waals surface area (Å²) in [6.45, 7) is 3.75. The van der Waals surface area contributed by atoms with Crippen molar-refractivity contribution in [3.63, 3.8) is 0 Å². The van der Waals surface area contributed by atoms with Gasteiger partial charge in [-0.2, -0.15) is 0 Å². The second-order valence-electron chi connectivity index (χ2n) is 4.62. The lowest BCUT2D eigenvalue weighted by Gasteiger charge is -2.26. The molecular weight excluding hydrogens is 230 g/mol. The third kappa shape index (κ3) is 2.28. The zero-order valence-corrected chi connectivity index (χ0v) is 10.8. The average molecular weight is 249 g/mol. The van der Waals surface area contributed by atoms with Crippen molar-refractivity contribution < 1.29 is 4.79 Å². The Bertz CT molecular complexity index is 419. The summed E-state index contributed by atoms with van der Waals surface area (Å²) in [6, 6.07) is 3.83. The van der Waals surface area contributed by atoms with Crippen LogP contribution in [0.3, 0.4) is 0 Å². The van der Waals surface area contributed by atoms with Crippen molar-refractivity contribution in [2.75, 3.05) is 25.0 Å². The molecule has 18 heavy (non-hydrogen) atoms. The van der Waals surface area contributed by atoms with Crippen molar-refractivity contribution >= 4 is 11.7 Å². The summed E-state index contributed by atoms with van der Waals surface area (Å²) in [7, 11) is 1.57. The van der Waals surface area contributed by atoms with Gasteiger partial charge in [0.15, 0.2) is 11.5 Å². The van der Waals surface area contributed by atoms with Gasteiger partial charge in [-0.25, -0.2) is 0 Å². The molecule has 1 aliphatic rings. The lowest BCUT2D eigenvalue weighted by molar-refractivity contribution is 0.0957. The van der Waals surface area contributed by atoms with Crippen LogP contribution in [0.4, 0.5) is 5.82 Å². The van der Waals surface area contributed by atoms with E-state index in [-0.39, 0.29) is 5.91 Å². The summed E-state index contributed by atoms with van der Waals surface area (Å²) in [5.74, 6) is 1.14. The third-order valence-electron chi connectivity index (χ3n) is 3.53. The zero-order chi connectivity index (χ0) is 13.1. The second kappa shape index (κ2) is 5.30. The number of hydrogen-bond donors (Lipinski definition) is 2. The molecule has 2 heterocycles. The van der Waals surface area contributed by atoms with Gasteiger partial charge in [-0.3, -0.25) is 4.79 Å². The molecule has 1 aromatic heterocycles. The first kappa shape index (κ1) is 12.8. The van der Waals surface area contributed by atoms with E-state index < -0.39 is 0 Å². The van der Waals surface area contributed by atoms with Gasteiger partial charge in [0, 0.05) is 26.2 Å². The van der Waals surface area contributed by atoms with Crippen LogP contribution in [0.2, 0.25) is 0 Å². The maximum Gasteiger partial charge on any atom is 0.271 e. The minimum absolute atomic E-state index is 0.223. The molecule has 0 spiro atoms. The normalized spacial score (nSPS) is 23.2. The molecule has 98 valence electrons. The van der Waals surface area contributed by atoms with Crippen molar-refractivity contribution in [1.29, 1.82) is 0 Å². The van der Waals surface area contributed by atoms with Crippen LogP contribution in [0.15, 0.2) is 12.1 Å². The van der Waals surface area contributed by atoms with E-state index in [1.807, 2.05) is 6.07 Å². The number of rotatable bonds is 3. The Morgan fingerprint density at radius 3 is 2.89 bits per heavy atom. The number of amides is 1. The Balaban J connectivity index is 2.17. The molecule has 6 heteroatoms.